The van der Waals surface area contributed by atoms with Crippen LogP contribution in [-0.4, -0.2) is 42.4 Å². The summed E-state index contributed by atoms with van der Waals surface area (Å²) in [5.41, 5.74) is 1.18. The van der Waals surface area contributed by atoms with Crippen LogP contribution < -0.4 is 4.74 Å². The molecule has 4 rings (SSSR count). The number of ether oxygens (including phenoxy) is 2. The third-order valence-corrected chi connectivity index (χ3v) is 5.76. The van der Waals surface area contributed by atoms with Gasteiger partial charge < -0.3 is 19.5 Å². The molecule has 23 heavy (non-hydrogen) atoms. The Morgan fingerprint density at radius 2 is 2.13 bits per heavy atom. The quantitative estimate of drug-likeness (QED) is 0.786. The predicted molar refractivity (Wildman–Crippen MR) is 85.0 cm³/mol. The Kier molecular flexibility index (Phi) is 3.65. The summed E-state index contributed by atoms with van der Waals surface area (Å²) >= 11 is 6.03. The molecule has 1 aromatic rings. The van der Waals surface area contributed by atoms with Gasteiger partial charge in [0.2, 0.25) is 0 Å². The van der Waals surface area contributed by atoms with Crippen LogP contribution in [0.3, 0.4) is 0 Å². The first-order chi connectivity index (χ1) is 11.1. The van der Waals surface area contributed by atoms with Gasteiger partial charge in [-0.1, -0.05) is 17.7 Å². The number of hydrogen-bond donors (Lipinski definition) is 1. The van der Waals surface area contributed by atoms with Crippen molar-refractivity contribution < 1.29 is 19.4 Å². The first kappa shape index (κ1) is 15.1. The minimum atomic E-state index is -0.818. The molecule has 0 saturated carbocycles. The Bertz CT molecular complexity index is 627. The summed E-state index contributed by atoms with van der Waals surface area (Å²) in [6.07, 6.45) is 2.03. The molecule has 0 radical (unpaired) electrons. The number of halogens is 1. The van der Waals surface area contributed by atoms with Crippen LogP contribution in [0.4, 0.5) is 4.79 Å². The van der Waals surface area contributed by atoms with Crippen molar-refractivity contribution in [2.45, 2.75) is 25.4 Å². The van der Waals surface area contributed by atoms with Gasteiger partial charge in [0.05, 0.1) is 19.3 Å². The van der Waals surface area contributed by atoms with Crippen molar-refractivity contribution in [2.75, 3.05) is 26.3 Å². The molecule has 0 aromatic heterocycles. The number of piperidine rings is 1. The molecule has 3 heterocycles. The molecule has 5 nitrogen and oxygen atoms in total. The van der Waals surface area contributed by atoms with Crippen molar-refractivity contribution in [3.8, 4) is 5.75 Å². The van der Waals surface area contributed by atoms with Crippen LogP contribution in [0.1, 0.15) is 30.9 Å². The molecule has 2 saturated heterocycles. The van der Waals surface area contributed by atoms with Crippen LogP contribution in [0.15, 0.2) is 18.2 Å². The number of benzene rings is 1. The van der Waals surface area contributed by atoms with Gasteiger partial charge in [0.1, 0.15) is 5.75 Å². The minimum absolute atomic E-state index is 0.0687. The van der Waals surface area contributed by atoms with E-state index in [4.69, 9.17) is 26.2 Å². The number of amides is 1. The molecule has 0 aliphatic carbocycles. The van der Waals surface area contributed by atoms with Crippen LogP contribution in [-0.2, 0) is 4.74 Å². The van der Waals surface area contributed by atoms with E-state index in [1.165, 1.54) is 4.90 Å². The van der Waals surface area contributed by atoms with Crippen LogP contribution in [0.5, 0.6) is 5.75 Å². The number of nitrogens with zero attached hydrogens (tertiary/aromatic N) is 1. The lowest BCUT2D eigenvalue weighted by Crippen LogP contribution is -2.49. The second-order valence-corrected chi connectivity index (χ2v) is 7.40. The maximum atomic E-state index is 11.1. The molecule has 6 heteroatoms. The Labute approximate surface area is 140 Å². The Hall–Kier alpha value is -1.46. The fourth-order valence-electron chi connectivity index (χ4n) is 4.20. The number of carbonyl (C=O) groups is 1. The normalized spacial score (nSPS) is 28.7. The highest BCUT2D eigenvalue weighted by Gasteiger charge is 2.46. The highest BCUT2D eigenvalue weighted by Crippen LogP contribution is 2.51. The van der Waals surface area contributed by atoms with E-state index in [1.807, 2.05) is 18.2 Å². The number of carboxylic acid groups (broad SMARTS) is 1. The molecule has 1 spiro atoms. The van der Waals surface area contributed by atoms with Crippen LogP contribution in [0, 0.1) is 11.3 Å². The number of rotatable bonds is 0. The minimum Gasteiger partial charge on any atom is -0.493 e. The molecule has 2 fully saturated rings. The van der Waals surface area contributed by atoms with Gasteiger partial charge in [-0.05, 0) is 36.8 Å². The Morgan fingerprint density at radius 3 is 2.87 bits per heavy atom. The number of hydrogen-bond acceptors (Lipinski definition) is 3. The lowest BCUT2D eigenvalue weighted by atomic mass is 9.69. The average Bonchev–Trinajstić information content (AvgIpc) is 2.54. The van der Waals surface area contributed by atoms with Crippen molar-refractivity contribution in [2.24, 2.45) is 11.3 Å². The molecule has 1 aromatic carbocycles. The van der Waals surface area contributed by atoms with E-state index < -0.39 is 6.09 Å². The second-order valence-electron chi connectivity index (χ2n) is 6.96. The third-order valence-electron chi connectivity index (χ3n) is 5.52. The van der Waals surface area contributed by atoms with E-state index in [9.17, 15) is 4.79 Å². The summed E-state index contributed by atoms with van der Waals surface area (Å²) in [5.74, 6) is 1.16. The highest BCUT2D eigenvalue weighted by molar-refractivity contribution is 6.30. The maximum absolute atomic E-state index is 11.1. The monoisotopic (exact) mass is 337 g/mol. The molecular weight excluding hydrogens is 318 g/mol. The molecular formula is C17H20ClNO4. The summed E-state index contributed by atoms with van der Waals surface area (Å²) in [6, 6.07) is 5.73. The van der Waals surface area contributed by atoms with Gasteiger partial charge in [-0.3, -0.25) is 0 Å². The number of likely N-dealkylation sites (tertiary alicyclic amines) is 1. The SMILES string of the molecule is O=C(O)N1CCC2(CC1)CO[C@@H]1c3ccc(Cl)cc3OC[C@H]1C2. The molecule has 1 N–H and O–H groups in total. The smallest absolute Gasteiger partial charge is 0.407 e. The van der Waals surface area contributed by atoms with E-state index in [1.54, 1.807) is 0 Å². The standard InChI is InChI=1S/C17H20ClNO4/c18-12-1-2-13-14(7-12)22-9-11-8-17(10-23-15(11)13)3-5-19(6-4-17)16(20)21/h1-2,7,11,15H,3-6,8-10H2,(H,20,21)/t11-,15+/m1/s1. The number of fused-ring (bicyclic) bond motifs is 3. The van der Waals surface area contributed by atoms with Gasteiger partial charge in [-0.2, -0.15) is 0 Å². The fraction of sp³-hybridized carbons (Fsp3) is 0.588. The zero-order chi connectivity index (χ0) is 16.0. The molecule has 1 amide bonds. The summed E-state index contributed by atoms with van der Waals surface area (Å²) in [5, 5.41) is 9.78. The average molecular weight is 338 g/mol. The Balaban J connectivity index is 1.49. The van der Waals surface area contributed by atoms with Gasteiger partial charge in [0.15, 0.2) is 0 Å². The first-order valence-corrected chi connectivity index (χ1v) is 8.46. The maximum Gasteiger partial charge on any atom is 0.407 e. The largest absolute Gasteiger partial charge is 0.493 e. The van der Waals surface area contributed by atoms with Gasteiger partial charge in [-0.15, -0.1) is 0 Å². The zero-order valence-corrected chi connectivity index (χ0v) is 13.6. The van der Waals surface area contributed by atoms with Crippen molar-refractivity contribution in [3.05, 3.63) is 28.8 Å². The van der Waals surface area contributed by atoms with Crippen molar-refractivity contribution in [3.63, 3.8) is 0 Å². The van der Waals surface area contributed by atoms with Gasteiger partial charge in [-0.25, -0.2) is 4.79 Å². The lowest BCUT2D eigenvalue weighted by molar-refractivity contribution is -0.134. The fourth-order valence-corrected chi connectivity index (χ4v) is 4.36. The lowest BCUT2D eigenvalue weighted by Gasteiger charge is -2.49. The van der Waals surface area contributed by atoms with Gasteiger partial charge in [0.25, 0.3) is 0 Å². The first-order valence-electron chi connectivity index (χ1n) is 8.08. The van der Waals surface area contributed by atoms with Crippen molar-refractivity contribution >= 4 is 17.7 Å². The zero-order valence-electron chi connectivity index (χ0n) is 12.8. The third kappa shape index (κ3) is 2.66. The molecule has 124 valence electrons. The van der Waals surface area contributed by atoms with E-state index >= 15 is 0 Å². The Morgan fingerprint density at radius 1 is 1.35 bits per heavy atom. The van der Waals surface area contributed by atoms with E-state index in [0.717, 1.165) is 30.6 Å². The molecule has 3 aliphatic rings. The summed E-state index contributed by atoms with van der Waals surface area (Å²) < 4.78 is 12.1. The highest BCUT2D eigenvalue weighted by atomic mass is 35.5. The van der Waals surface area contributed by atoms with Gasteiger partial charge >= 0.3 is 6.09 Å². The molecule has 2 atom stereocenters. The van der Waals surface area contributed by atoms with Gasteiger partial charge in [0, 0.05) is 29.6 Å². The van der Waals surface area contributed by atoms with E-state index in [-0.39, 0.29) is 11.5 Å². The summed E-state index contributed by atoms with van der Waals surface area (Å²) in [7, 11) is 0. The topological polar surface area (TPSA) is 59.0 Å². The summed E-state index contributed by atoms with van der Waals surface area (Å²) in [6.45, 7) is 2.54. The van der Waals surface area contributed by atoms with E-state index in [0.29, 0.717) is 37.2 Å². The summed E-state index contributed by atoms with van der Waals surface area (Å²) in [4.78, 5) is 12.6. The van der Waals surface area contributed by atoms with Crippen LogP contribution in [0.2, 0.25) is 5.02 Å². The van der Waals surface area contributed by atoms with Crippen LogP contribution >= 0.6 is 11.6 Å². The molecule has 3 aliphatic heterocycles. The second kappa shape index (κ2) is 5.56. The van der Waals surface area contributed by atoms with Crippen molar-refractivity contribution in [1.29, 1.82) is 0 Å². The van der Waals surface area contributed by atoms with E-state index in [2.05, 4.69) is 0 Å². The van der Waals surface area contributed by atoms with Crippen LogP contribution in [0.25, 0.3) is 0 Å². The molecule has 0 unspecified atom stereocenters. The predicted octanol–water partition coefficient (Wildman–Crippen LogP) is 3.57. The molecule has 0 bridgehead atoms. The van der Waals surface area contributed by atoms with Crippen molar-refractivity contribution in [1.82, 2.24) is 4.90 Å².